The molecule has 2 N–H and O–H groups in total. The first-order valence-electron chi connectivity index (χ1n) is 3.66. The van der Waals surface area contributed by atoms with Crippen molar-refractivity contribution in [3.8, 4) is 0 Å². The van der Waals surface area contributed by atoms with Crippen molar-refractivity contribution in [1.82, 2.24) is 15.7 Å². The highest BCUT2D eigenvalue weighted by molar-refractivity contribution is 4.95. The minimum absolute atomic E-state index is 0.206. The lowest BCUT2D eigenvalue weighted by molar-refractivity contribution is -0.00937. The van der Waals surface area contributed by atoms with Crippen molar-refractivity contribution in [3.63, 3.8) is 0 Å². The summed E-state index contributed by atoms with van der Waals surface area (Å²) in [5.41, 5.74) is 3.84. The van der Waals surface area contributed by atoms with Gasteiger partial charge in [0.2, 0.25) is 0 Å². The quantitative estimate of drug-likeness (QED) is 0.633. The van der Waals surface area contributed by atoms with Crippen LogP contribution >= 0.6 is 0 Å². The number of nitrogens with zero attached hydrogens (tertiary/aromatic N) is 1. The molecule has 0 aliphatic carbocycles. The molecule has 4 nitrogen and oxygen atoms in total. The van der Waals surface area contributed by atoms with Gasteiger partial charge in [-0.25, -0.2) is 0 Å². The highest BCUT2D eigenvalue weighted by atomic mass is 16.7. The van der Waals surface area contributed by atoms with Crippen LogP contribution in [0.25, 0.3) is 0 Å². The molecule has 0 saturated heterocycles. The Balaban J connectivity index is 2.14. The number of rotatable bonds is 4. The molecule has 0 radical (unpaired) electrons. The normalized spacial score (nSPS) is 10.8. The van der Waals surface area contributed by atoms with E-state index in [1.54, 1.807) is 6.20 Å². The van der Waals surface area contributed by atoms with E-state index in [9.17, 15) is 0 Å². The van der Waals surface area contributed by atoms with Crippen molar-refractivity contribution in [2.45, 2.75) is 26.5 Å². The van der Waals surface area contributed by atoms with Gasteiger partial charge in [-0.3, -0.25) is 9.94 Å². The summed E-state index contributed by atoms with van der Waals surface area (Å²) in [6.07, 6.45) is 1.92. The zero-order valence-corrected chi connectivity index (χ0v) is 6.79. The second kappa shape index (κ2) is 4.10. The third-order valence-corrected chi connectivity index (χ3v) is 1.14. The van der Waals surface area contributed by atoms with Crippen LogP contribution < -0.4 is 5.48 Å². The van der Waals surface area contributed by atoms with Crippen LogP contribution in [0, 0.1) is 0 Å². The van der Waals surface area contributed by atoms with Gasteiger partial charge in [0.05, 0.1) is 18.3 Å². The van der Waals surface area contributed by atoms with Gasteiger partial charge >= 0.3 is 0 Å². The lowest BCUT2D eigenvalue weighted by atomic mass is 10.4. The molecule has 11 heavy (non-hydrogen) atoms. The zero-order valence-electron chi connectivity index (χ0n) is 6.79. The molecule has 0 unspecified atom stereocenters. The Labute approximate surface area is 65.9 Å². The highest BCUT2D eigenvalue weighted by Gasteiger charge is 1.94. The van der Waals surface area contributed by atoms with E-state index in [2.05, 4.69) is 15.7 Å². The van der Waals surface area contributed by atoms with Gasteiger partial charge in [0.25, 0.3) is 0 Å². The third kappa shape index (κ3) is 3.15. The summed E-state index contributed by atoms with van der Waals surface area (Å²) in [7, 11) is 0. The van der Waals surface area contributed by atoms with Crippen LogP contribution in [0.4, 0.5) is 0 Å². The van der Waals surface area contributed by atoms with Gasteiger partial charge in [0.15, 0.2) is 0 Å². The number of hydrogen-bond acceptors (Lipinski definition) is 3. The number of aromatic amines is 1. The molecule has 4 heteroatoms. The average molecular weight is 155 g/mol. The molecule has 0 amide bonds. The van der Waals surface area contributed by atoms with Gasteiger partial charge in [-0.15, -0.1) is 0 Å². The Morgan fingerprint density at radius 1 is 1.73 bits per heavy atom. The third-order valence-electron chi connectivity index (χ3n) is 1.14. The molecule has 0 bridgehead atoms. The fourth-order valence-electron chi connectivity index (χ4n) is 0.669. The minimum atomic E-state index is 0.206. The summed E-state index contributed by atoms with van der Waals surface area (Å²) in [6, 6.07) is 1.90. The van der Waals surface area contributed by atoms with Crippen LogP contribution in [0.3, 0.4) is 0 Å². The Hall–Kier alpha value is -0.870. The molecule has 0 aromatic carbocycles. The van der Waals surface area contributed by atoms with Gasteiger partial charge in [-0.1, -0.05) is 0 Å². The van der Waals surface area contributed by atoms with Crippen LogP contribution in [0.1, 0.15) is 19.5 Å². The smallest absolute Gasteiger partial charge is 0.0734 e. The topological polar surface area (TPSA) is 49.9 Å². The zero-order chi connectivity index (χ0) is 8.10. The Kier molecular flexibility index (Phi) is 3.07. The standard InChI is InChI=1S/C7H13N3O/c1-6(2)11-9-5-7-3-4-8-10-7/h3-4,6,9H,5H2,1-2H3,(H,8,10). The molecule has 0 aliphatic heterocycles. The van der Waals surface area contributed by atoms with Crippen LogP contribution in [0.15, 0.2) is 12.3 Å². The van der Waals surface area contributed by atoms with E-state index in [0.717, 1.165) is 5.69 Å². The summed E-state index contributed by atoms with van der Waals surface area (Å²) < 4.78 is 0. The number of hydroxylamine groups is 1. The van der Waals surface area contributed by atoms with Gasteiger partial charge in [0, 0.05) is 6.20 Å². The van der Waals surface area contributed by atoms with Crippen molar-refractivity contribution in [1.29, 1.82) is 0 Å². The van der Waals surface area contributed by atoms with E-state index in [4.69, 9.17) is 4.84 Å². The minimum Gasteiger partial charge on any atom is -0.299 e. The number of H-pyrrole nitrogens is 1. The van der Waals surface area contributed by atoms with Crippen LogP contribution in [-0.2, 0) is 11.4 Å². The summed E-state index contributed by atoms with van der Waals surface area (Å²) in [6.45, 7) is 4.61. The number of aromatic nitrogens is 2. The van der Waals surface area contributed by atoms with Crippen LogP contribution in [0.5, 0.6) is 0 Å². The van der Waals surface area contributed by atoms with E-state index in [1.807, 2.05) is 19.9 Å². The lowest BCUT2D eigenvalue weighted by Crippen LogP contribution is -2.19. The summed E-state index contributed by atoms with van der Waals surface area (Å²) >= 11 is 0. The first-order chi connectivity index (χ1) is 5.29. The molecule has 62 valence electrons. The van der Waals surface area contributed by atoms with Crippen molar-refractivity contribution < 1.29 is 4.84 Å². The van der Waals surface area contributed by atoms with E-state index < -0.39 is 0 Å². The molecule has 0 saturated carbocycles. The monoisotopic (exact) mass is 155 g/mol. The first kappa shape index (κ1) is 8.23. The molecular weight excluding hydrogens is 142 g/mol. The summed E-state index contributed by atoms with van der Waals surface area (Å²) in [5.74, 6) is 0. The van der Waals surface area contributed by atoms with E-state index in [-0.39, 0.29) is 6.10 Å². The summed E-state index contributed by atoms with van der Waals surface area (Å²) in [5, 5.41) is 6.62. The Morgan fingerprint density at radius 3 is 3.09 bits per heavy atom. The molecule has 0 atom stereocenters. The van der Waals surface area contributed by atoms with Crippen LogP contribution in [-0.4, -0.2) is 16.3 Å². The second-order valence-electron chi connectivity index (χ2n) is 2.57. The highest BCUT2D eigenvalue weighted by Crippen LogP contribution is 1.90. The number of hydrogen-bond donors (Lipinski definition) is 2. The summed E-state index contributed by atoms with van der Waals surface area (Å²) in [4.78, 5) is 5.12. The van der Waals surface area contributed by atoms with Crippen LogP contribution in [0.2, 0.25) is 0 Å². The molecule has 0 fully saturated rings. The van der Waals surface area contributed by atoms with Gasteiger partial charge in [0.1, 0.15) is 0 Å². The first-order valence-corrected chi connectivity index (χ1v) is 3.66. The largest absolute Gasteiger partial charge is 0.299 e. The van der Waals surface area contributed by atoms with Gasteiger partial charge in [-0.2, -0.15) is 10.6 Å². The van der Waals surface area contributed by atoms with E-state index in [0.29, 0.717) is 6.54 Å². The predicted molar refractivity (Wildman–Crippen MR) is 41.6 cm³/mol. The van der Waals surface area contributed by atoms with Crippen molar-refractivity contribution in [2.24, 2.45) is 0 Å². The molecule has 1 heterocycles. The van der Waals surface area contributed by atoms with E-state index in [1.165, 1.54) is 0 Å². The molecule has 0 spiro atoms. The Bertz CT molecular complexity index is 184. The van der Waals surface area contributed by atoms with Gasteiger partial charge in [-0.05, 0) is 19.9 Å². The maximum Gasteiger partial charge on any atom is 0.0734 e. The van der Waals surface area contributed by atoms with Gasteiger partial charge < -0.3 is 0 Å². The fourth-order valence-corrected chi connectivity index (χ4v) is 0.669. The second-order valence-corrected chi connectivity index (χ2v) is 2.57. The Morgan fingerprint density at radius 2 is 2.55 bits per heavy atom. The maximum absolute atomic E-state index is 5.12. The van der Waals surface area contributed by atoms with E-state index >= 15 is 0 Å². The maximum atomic E-state index is 5.12. The molecular formula is C7H13N3O. The van der Waals surface area contributed by atoms with Crippen molar-refractivity contribution >= 4 is 0 Å². The molecule has 1 aromatic heterocycles. The lowest BCUT2D eigenvalue weighted by Gasteiger charge is -2.06. The van der Waals surface area contributed by atoms with Crippen molar-refractivity contribution in [3.05, 3.63) is 18.0 Å². The molecule has 0 aliphatic rings. The predicted octanol–water partition coefficient (Wildman–Crippen LogP) is 0.839. The number of nitrogens with one attached hydrogen (secondary N) is 2. The molecule has 1 rings (SSSR count). The molecule has 1 aromatic rings. The average Bonchev–Trinajstić information content (AvgIpc) is 2.39. The SMILES string of the molecule is CC(C)ONCc1ccn[nH]1. The van der Waals surface area contributed by atoms with Crippen molar-refractivity contribution in [2.75, 3.05) is 0 Å². The fraction of sp³-hybridized carbons (Fsp3) is 0.571.